The van der Waals surface area contributed by atoms with Crippen molar-refractivity contribution < 1.29 is 4.52 Å². The average Bonchev–Trinajstić information content (AvgIpc) is 2.62. The highest BCUT2D eigenvalue weighted by Gasteiger charge is 2.25. The summed E-state index contributed by atoms with van der Waals surface area (Å²) in [5.74, 6) is 1.25. The molecule has 2 aromatic rings. The molecule has 3 heterocycles. The van der Waals surface area contributed by atoms with E-state index in [2.05, 4.69) is 32.1 Å². The van der Waals surface area contributed by atoms with Gasteiger partial charge in [0, 0.05) is 45.1 Å². The van der Waals surface area contributed by atoms with E-state index in [1.165, 1.54) is 0 Å². The molecule has 0 aliphatic carbocycles. The second-order valence-electron chi connectivity index (χ2n) is 4.60. The first kappa shape index (κ1) is 10.1. The van der Waals surface area contributed by atoms with Crippen LogP contribution in [0.5, 0.6) is 0 Å². The zero-order chi connectivity index (χ0) is 12.2. The van der Waals surface area contributed by atoms with E-state index in [4.69, 9.17) is 4.52 Å². The molecule has 0 fully saturated rings. The van der Waals surface area contributed by atoms with E-state index in [1.807, 2.05) is 28.2 Å². The SMILES string of the molecule is CN(C)c1cc2c(N(C)C)cc1-c1noc-2n1. The van der Waals surface area contributed by atoms with Gasteiger partial charge in [0.2, 0.25) is 5.82 Å². The molecule has 17 heavy (non-hydrogen) atoms. The molecule has 1 aromatic heterocycles. The van der Waals surface area contributed by atoms with Gasteiger partial charge in [-0.25, -0.2) is 0 Å². The van der Waals surface area contributed by atoms with Crippen LogP contribution in [0.4, 0.5) is 11.4 Å². The van der Waals surface area contributed by atoms with Gasteiger partial charge in [-0.1, -0.05) is 5.16 Å². The zero-order valence-corrected chi connectivity index (χ0v) is 10.4. The lowest BCUT2D eigenvalue weighted by atomic mass is 10.1. The lowest BCUT2D eigenvalue weighted by Crippen LogP contribution is -2.13. The molecule has 0 saturated carbocycles. The number of anilines is 2. The molecule has 0 radical (unpaired) electrons. The van der Waals surface area contributed by atoms with Gasteiger partial charge in [0.05, 0.1) is 5.56 Å². The van der Waals surface area contributed by atoms with E-state index in [0.29, 0.717) is 11.7 Å². The molecule has 2 aliphatic heterocycles. The van der Waals surface area contributed by atoms with Crippen LogP contribution in [-0.4, -0.2) is 38.3 Å². The third kappa shape index (κ3) is 1.32. The molecule has 2 aliphatic rings. The Morgan fingerprint density at radius 1 is 0.941 bits per heavy atom. The molecule has 1 aromatic carbocycles. The van der Waals surface area contributed by atoms with Gasteiger partial charge < -0.3 is 14.3 Å². The summed E-state index contributed by atoms with van der Waals surface area (Å²) in [4.78, 5) is 8.52. The van der Waals surface area contributed by atoms with Crippen LogP contribution in [0.3, 0.4) is 0 Å². The predicted molar refractivity (Wildman–Crippen MR) is 67.4 cm³/mol. The molecule has 0 unspecified atom stereocenters. The Morgan fingerprint density at radius 2 is 1.53 bits per heavy atom. The summed E-state index contributed by atoms with van der Waals surface area (Å²) in [6, 6.07) is 4.22. The molecule has 88 valence electrons. The first-order valence-electron chi connectivity index (χ1n) is 5.45. The largest absolute Gasteiger partial charge is 0.377 e. The number of benzene rings is 1. The number of rotatable bonds is 2. The number of fused-ring (bicyclic) bond motifs is 2. The van der Waals surface area contributed by atoms with E-state index in [9.17, 15) is 0 Å². The highest BCUT2D eigenvalue weighted by molar-refractivity contribution is 5.90. The summed E-state index contributed by atoms with van der Waals surface area (Å²) in [6.07, 6.45) is 0. The van der Waals surface area contributed by atoms with Gasteiger partial charge in [0.25, 0.3) is 5.89 Å². The van der Waals surface area contributed by atoms with Crippen LogP contribution in [0.25, 0.3) is 22.8 Å². The fourth-order valence-electron chi connectivity index (χ4n) is 2.11. The van der Waals surface area contributed by atoms with Crippen LogP contribution in [-0.2, 0) is 0 Å². The number of hydrogen-bond donors (Lipinski definition) is 0. The maximum Gasteiger partial charge on any atom is 0.260 e. The smallest absolute Gasteiger partial charge is 0.260 e. The van der Waals surface area contributed by atoms with Crippen LogP contribution < -0.4 is 9.80 Å². The minimum absolute atomic E-state index is 0.590. The van der Waals surface area contributed by atoms with Gasteiger partial charge in [-0.05, 0) is 12.1 Å². The van der Waals surface area contributed by atoms with Gasteiger partial charge in [0.1, 0.15) is 0 Å². The predicted octanol–water partition coefficient (Wildman–Crippen LogP) is 1.85. The second-order valence-corrected chi connectivity index (χ2v) is 4.60. The van der Waals surface area contributed by atoms with Gasteiger partial charge in [-0.2, -0.15) is 4.98 Å². The Labute approximate surface area is 99.6 Å². The lowest BCUT2D eigenvalue weighted by Gasteiger charge is -2.21. The normalized spacial score (nSPS) is 11.5. The second kappa shape index (κ2) is 3.23. The summed E-state index contributed by atoms with van der Waals surface area (Å²) in [7, 11) is 8.06. The van der Waals surface area contributed by atoms with Crippen molar-refractivity contribution in [2.75, 3.05) is 38.0 Å². The van der Waals surface area contributed by atoms with Crippen molar-refractivity contribution in [2.45, 2.75) is 0 Å². The number of nitrogens with zero attached hydrogens (tertiary/aromatic N) is 4. The van der Waals surface area contributed by atoms with Crippen LogP contribution in [0.2, 0.25) is 0 Å². The van der Waals surface area contributed by atoms with Crippen molar-refractivity contribution in [3.63, 3.8) is 0 Å². The molecule has 0 amide bonds. The molecular formula is C12H14N4O. The van der Waals surface area contributed by atoms with Crippen molar-refractivity contribution in [1.82, 2.24) is 10.1 Å². The van der Waals surface area contributed by atoms with Gasteiger partial charge in [0.15, 0.2) is 0 Å². The van der Waals surface area contributed by atoms with Crippen molar-refractivity contribution in [3.05, 3.63) is 12.1 Å². The summed E-state index contributed by atoms with van der Waals surface area (Å²) in [5, 5.41) is 3.99. The van der Waals surface area contributed by atoms with Crippen molar-refractivity contribution in [2.24, 2.45) is 0 Å². The highest BCUT2D eigenvalue weighted by atomic mass is 16.5. The van der Waals surface area contributed by atoms with Crippen molar-refractivity contribution in [3.8, 4) is 22.8 Å². The molecule has 4 rings (SSSR count). The number of hydrogen-bond acceptors (Lipinski definition) is 5. The Bertz CT molecular complexity index is 536. The maximum atomic E-state index is 5.25. The molecule has 0 spiro atoms. The highest BCUT2D eigenvalue weighted by Crippen LogP contribution is 2.42. The van der Waals surface area contributed by atoms with E-state index in [0.717, 1.165) is 22.5 Å². The fourth-order valence-corrected chi connectivity index (χ4v) is 2.11. The molecule has 0 N–H and O–H groups in total. The first-order valence-corrected chi connectivity index (χ1v) is 5.45. The summed E-state index contributed by atoms with van der Waals surface area (Å²) >= 11 is 0. The van der Waals surface area contributed by atoms with Gasteiger partial charge in [-0.3, -0.25) is 0 Å². The van der Waals surface area contributed by atoms with E-state index in [-0.39, 0.29) is 0 Å². The summed E-state index contributed by atoms with van der Waals surface area (Å²) < 4.78 is 5.25. The topological polar surface area (TPSA) is 45.4 Å². The first-order chi connectivity index (χ1) is 8.08. The Balaban J connectivity index is 2.35. The van der Waals surface area contributed by atoms with E-state index in [1.54, 1.807) is 0 Å². The third-order valence-corrected chi connectivity index (χ3v) is 2.97. The summed E-state index contributed by atoms with van der Waals surface area (Å²) in [5.41, 5.74) is 4.22. The van der Waals surface area contributed by atoms with Gasteiger partial charge >= 0.3 is 0 Å². The fraction of sp³-hybridized carbons (Fsp3) is 0.333. The van der Waals surface area contributed by atoms with Crippen LogP contribution >= 0.6 is 0 Å². The van der Waals surface area contributed by atoms with Crippen molar-refractivity contribution >= 4 is 11.4 Å². The third-order valence-electron chi connectivity index (χ3n) is 2.97. The standard InChI is InChI=1S/C12H14N4O/c1-15(2)9-6-8-10(16(3)4)5-7(9)11-13-12(8)17-14-11/h5-6H,1-4H3. The minimum Gasteiger partial charge on any atom is -0.377 e. The maximum absolute atomic E-state index is 5.25. The van der Waals surface area contributed by atoms with Gasteiger partial charge in [-0.15, -0.1) is 0 Å². The Hall–Kier alpha value is -2.04. The van der Waals surface area contributed by atoms with Crippen LogP contribution in [0.15, 0.2) is 16.7 Å². The van der Waals surface area contributed by atoms with E-state index < -0.39 is 0 Å². The Kier molecular flexibility index (Phi) is 1.92. The molecule has 4 bridgehead atoms. The monoisotopic (exact) mass is 230 g/mol. The lowest BCUT2D eigenvalue weighted by molar-refractivity contribution is 0.431. The number of aromatic nitrogens is 2. The molecule has 5 heteroatoms. The minimum atomic E-state index is 0.590. The molecule has 0 saturated heterocycles. The Morgan fingerprint density at radius 3 is 2.18 bits per heavy atom. The van der Waals surface area contributed by atoms with Crippen molar-refractivity contribution in [1.29, 1.82) is 0 Å². The quantitative estimate of drug-likeness (QED) is 0.672. The molecule has 5 nitrogen and oxygen atoms in total. The zero-order valence-electron chi connectivity index (χ0n) is 10.4. The summed E-state index contributed by atoms with van der Waals surface area (Å²) in [6.45, 7) is 0. The van der Waals surface area contributed by atoms with Crippen LogP contribution in [0.1, 0.15) is 0 Å². The van der Waals surface area contributed by atoms with E-state index >= 15 is 0 Å². The van der Waals surface area contributed by atoms with Crippen LogP contribution in [0, 0.1) is 0 Å². The molecular weight excluding hydrogens is 216 g/mol. The molecule has 0 atom stereocenters. The average molecular weight is 230 g/mol.